The van der Waals surface area contributed by atoms with Crippen molar-refractivity contribution >= 4 is 34.7 Å². The number of nitrogens with one attached hydrogen (secondary N) is 1. The number of imide groups is 1. The van der Waals surface area contributed by atoms with Gasteiger partial charge in [-0.1, -0.05) is 35.9 Å². The molecule has 0 saturated carbocycles. The number of amides is 2. The molecule has 0 radical (unpaired) electrons. The number of anilines is 1. The van der Waals surface area contributed by atoms with Crippen LogP contribution < -0.4 is 10.1 Å². The van der Waals surface area contributed by atoms with Crippen molar-refractivity contribution in [2.24, 2.45) is 0 Å². The number of carbonyl (C=O) groups is 2. The van der Waals surface area contributed by atoms with Crippen LogP contribution in [0.25, 0.3) is 5.57 Å². The van der Waals surface area contributed by atoms with Crippen molar-refractivity contribution in [2.45, 2.75) is 13.3 Å². The molecule has 2 amide bonds. The standard InChI is InChI=1S/C22H23ClN2O4/c1-3-29-18-8-5-4-7-17(18)24-20-19(15-9-11-16(23)12-10-15)21(26)25(22(20)27)13-6-14-28-2/h4-5,7-12,24H,3,6,13-14H2,1-2H3. The molecule has 2 aromatic rings. The highest BCUT2D eigenvalue weighted by molar-refractivity contribution is 6.37. The Morgan fingerprint density at radius 3 is 2.45 bits per heavy atom. The first kappa shape index (κ1) is 20.9. The van der Waals surface area contributed by atoms with Gasteiger partial charge in [-0.25, -0.2) is 0 Å². The smallest absolute Gasteiger partial charge is 0.278 e. The van der Waals surface area contributed by atoms with Gasteiger partial charge in [0.2, 0.25) is 0 Å². The zero-order valence-electron chi connectivity index (χ0n) is 16.4. The maximum atomic E-state index is 13.1. The lowest BCUT2D eigenvalue weighted by Gasteiger charge is -2.15. The number of methoxy groups -OCH3 is 1. The monoisotopic (exact) mass is 414 g/mol. The van der Waals surface area contributed by atoms with Crippen LogP contribution in [0.5, 0.6) is 5.75 Å². The van der Waals surface area contributed by atoms with E-state index in [1.807, 2.05) is 31.2 Å². The molecule has 1 heterocycles. The Hall–Kier alpha value is -2.83. The van der Waals surface area contributed by atoms with Crippen LogP contribution >= 0.6 is 11.6 Å². The highest BCUT2D eigenvalue weighted by Crippen LogP contribution is 2.33. The summed E-state index contributed by atoms with van der Waals surface area (Å²) >= 11 is 5.99. The SMILES string of the molecule is CCOc1ccccc1NC1=C(c2ccc(Cl)cc2)C(=O)N(CCCOC)C1=O. The Kier molecular flexibility index (Phi) is 6.90. The third-order valence-electron chi connectivity index (χ3n) is 4.48. The summed E-state index contributed by atoms with van der Waals surface area (Å²) in [4.78, 5) is 27.5. The molecule has 0 bridgehead atoms. The number of halogens is 1. The second kappa shape index (κ2) is 9.58. The molecule has 7 heteroatoms. The molecule has 0 atom stereocenters. The molecule has 152 valence electrons. The van der Waals surface area contributed by atoms with Crippen LogP contribution in [0.4, 0.5) is 5.69 Å². The third-order valence-corrected chi connectivity index (χ3v) is 4.73. The first-order valence-corrected chi connectivity index (χ1v) is 9.78. The van der Waals surface area contributed by atoms with E-state index < -0.39 is 0 Å². The van der Waals surface area contributed by atoms with Gasteiger partial charge in [-0.05, 0) is 43.2 Å². The topological polar surface area (TPSA) is 67.9 Å². The van der Waals surface area contributed by atoms with Crippen LogP contribution in [0.15, 0.2) is 54.2 Å². The van der Waals surface area contributed by atoms with E-state index in [2.05, 4.69) is 5.32 Å². The summed E-state index contributed by atoms with van der Waals surface area (Å²) in [7, 11) is 1.59. The summed E-state index contributed by atoms with van der Waals surface area (Å²) in [6.07, 6.45) is 0.560. The number of rotatable bonds is 9. The average Bonchev–Trinajstić information content (AvgIpc) is 2.95. The van der Waals surface area contributed by atoms with Crippen LogP contribution in [-0.2, 0) is 14.3 Å². The molecular weight excluding hydrogens is 392 g/mol. The van der Waals surface area contributed by atoms with E-state index in [1.165, 1.54) is 4.90 Å². The minimum atomic E-state index is -0.373. The van der Waals surface area contributed by atoms with E-state index in [4.69, 9.17) is 21.1 Å². The Labute approximate surface area is 175 Å². The van der Waals surface area contributed by atoms with E-state index in [9.17, 15) is 9.59 Å². The number of hydrogen-bond acceptors (Lipinski definition) is 5. The van der Waals surface area contributed by atoms with Gasteiger partial charge in [-0.15, -0.1) is 0 Å². The molecule has 0 aliphatic carbocycles. The van der Waals surface area contributed by atoms with E-state index in [0.29, 0.717) is 47.2 Å². The molecule has 0 aromatic heterocycles. The molecule has 29 heavy (non-hydrogen) atoms. The summed E-state index contributed by atoms with van der Waals surface area (Å²) < 4.78 is 10.7. The zero-order chi connectivity index (χ0) is 20.8. The van der Waals surface area contributed by atoms with Crippen molar-refractivity contribution in [3.8, 4) is 5.75 Å². The van der Waals surface area contributed by atoms with E-state index in [0.717, 1.165) is 0 Å². The lowest BCUT2D eigenvalue weighted by molar-refractivity contribution is -0.136. The molecule has 1 aliphatic heterocycles. The molecule has 1 aliphatic rings. The molecule has 0 fully saturated rings. The van der Waals surface area contributed by atoms with Crippen molar-refractivity contribution in [1.82, 2.24) is 4.90 Å². The summed E-state index contributed by atoms with van der Waals surface area (Å²) in [5.74, 6) is -0.108. The second-order valence-corrected chi connectivity index (χ2v) is 6.86. The summed E-state index contributed by atoms with van der Waals surface area (Å²) in [5, 5.41) is 3.69. The fraction of sp³-hybridized carbons (Fsp3) is 0.273. The average molecular weight is 415 g/mol. The molecular formula is C22H23ClN2O4. The van der Waals surface area contributed by atoms with E-state index in [-0.39, 0.29) is 24.1 Å². The predicted octanol–water partition coefficient (Wildman–Crippen LogP) is 3.97. The van der Waals surface area contributed by atoms with Gasteiger partial charge >= 0.3 is 0 Å². The van der Waals surface area contributed by atoms with Gasteiger partial charge in [-0.3, -0.25) is 14.5 Å². The quantitative estimate of drug-likeness (QED) is 0.496. The number of benzene rings is 2. The number of ether oxygens (including phenoxy) is 2. The van der Waals surface area contributed by atoms with Crippen LogP contribution in [-0.4, -0.2) is 43.6 Å². The van der Waals surface area contributed by atoms with Gasteiger partial charge in [0.05, 0.1) is 17.9 Å². The molecule has 0 unspecified atom stereocenters. The molecule has 0 saturated heterocycles. The summed E-state index contributed by atoms with van der Waals surface area (Å²) in [6, 6.07) is 14.2. The molecule has 3 rings (SSSR count). The number of nitrogens with zero attached hydrogens (tertiary/aromatic N) is 1. The highest BCUT2D eigenvalue weighted by atomic mass is 35.5. The van der Waals surface area contributed by atoms with Crippen LogP contribution in [0.1, 0.15) is 18.9 Å². The van der Waals surface area contributed by atoms with E-state index >= 15 is 0 Å². The first-order valence-electron chi connectivity index (χ1n) is 9.41. The van der Waals surface area contributed by atoms with Gasteiger partial charge in [-0.2, -0.15) is 0 Å². The van der Waals surface area contributed by atoms with Crippen molar-refractivity contribution in [2.75, 3.05) is 32.2 Å². The number of para-hydroxylation sites is 2. The Morgan fingerprint density at radius 1 is 1.03 bits per heavy atom. The van der Waals surface area contributed by atoms with Crippen LogP contribution in [0.2, 0.25) is 5.02 Å². The van der Waals surface area contributed by atoms with Gasteiger partial charge in [0.25, 0.3) is 11.8 Å². The molecule has 2 aromatic carbocycles. The fourth-order valence-electron chi connectivity index (χ4n) is 3.13. The molecule has 0 spiro atoms. The Morgan fingerprint density at radius 2 is 1.76 bits per heavy atom. The number of carbonyl (C=O) groups excluding carboxylic acids is 2. The largest absolute Gasteiger partial charge is 0.492 e. The molecule has 6 nitrogen and oxygen atoms in total. The van der Waals surface area contributed by atoms with Crippen molar-refractivity contribution < 1.29 is 19.1 Å². The third kappa shape index (κ3) is 4.60. The molecule has 1 N–H and O–H groups in total. The summed E-state index contributed by atoms with van der Waals surface area (Å²) in [6.45, 7) is 3.11. The summed E-state index contributed by atoms with van der Waals surface area (Å²) in [5.41, 5.74) is 1.78. The zero-order valence-corrected chi connectivity index (χ0v) is 17.2. The van der Waals surface area contributed by atoms with Gasteiger partial charge in [0.15, 0.2) is 0 Å². The minimum Gasteiger partial charge on any atom is -0.492 e. The fourth-order valence-corrected chi connectivity index (χ4v) is 3.26. The van der Waals surface area contributed by atoms with Gasteiger partial charge < -0.3 is 14.8 Å². The normalized spacial score (nSPS) is 14.0. The first-order chi connectivity index (χ1) is 14.1. The highest BCUT2D eigenvalue weighted by Gasteiger charge is 2.39. The van der Waals surface area contributed by atoms with Crippen molar-refractivity contribution in [3.05, 3.63) is 64.8 Å². The lowest BCUT2D eigenvalue weighted by Crippen LogP contribution is -2.33. The number of hydrogen-bond donors (Lipinski definition) is 1. The Bertz CT molecular complexity index is 925. The van der Waals surface area contributed by atoms with Gasteiger partial charge in [0.1, 0.15) is 11.4 Å². The van der Waals surface area contributed by atoms with Gasteiger partial charge in [0, 0.05) is 25.3 Å². The van der Waals surface area contributed by atoms with Crippen molar-refractivity contribution in [3.63, 3.8) is 0 Å². The van der Waals surface area contributed by atoms with Crippen LogP contribution in [0.3, 0.4) is 0 Å². The van der Waals surface area contributed by atoms with Crippen LogP contribution in [0, 0.1) is 0 Å². The second-order valence-electron chi connectivity index (χ2n) is 6.42. The predicted molar refractivity (Wildman–Crippen MR) is 113 cm³/mol. The Balaban J connectivity index is 2.01. The maximum absolute atomic E-state index is 13.1. The maximum Gasteiger partial charge on any atom is 0.278 e. The van der Waals surface area contributed by atoms with E-state index in [1.54, 1.807) is 31.4 Å². The van der Waals surface area contributed by atoms with Crippen molar-refractivity contribution in [1.29, 1.82) is 0 Å². The minimum absolute atomic E-state index is 0.224. The lowest BCUT2D eigenvalue weighted by atomic mass is 10.0.